The highest BCUT2D eigenvalue weighted by atomic mass is 32.2. The lowest BCUT2D eigenvalue weighted by Gasteiger charge is -2.23. The summed E-state index contributed by atoms with van der Waals surface area (Å²) in [5.74, 6) is 0.136. The van der Waals surface area contributed by atoms with E-state index in [1.54, 1.807) is 0 Å². The van der Waals surface area contributed by atoms with Crippen molar-refractivity contribution in [2.24, 2.45) is 5.92 Å². The molecule has 0 saturated carbocycles. The lowest BCUT2D eigenvalue weighted by atomic mass is 9.96. The normalized spacial score (nSPS) is 12.6. The van der Waals surface area contributed by atoms with E-state index in [4.69, 9.17) is 4.74 Å². The molecule has 152 valence electrons. The third kappa shape index (κ3) is 5.33. The predicted molar refractivity (Wildman–Crippen MR) is 111 cm³/mol. The van der Waals surface area contributed by atoms with E-state index in [1.807, 2.05) is 38.1 Å². The maximum Gasteiger partial charge on any atom is 0.241 e. The van der Waals surface area contributed by atoms with Crippen LogP contribution in [0, 0.1) is 5.92 Å². The Labute approximate surface area is 167 Å². The van der Waals surface area contributed by atoms with Gasteiger partial charge in [0.2, 0.25) is 15.9 Å². The van der Waals surface area contributed by atoms with E-state index in [1.165, 1.54) is 37.8 Å². The number of nitrogens with one attached hydrogen (secondary N) is 2. The summed E-state index contributed by atoms with van der Waals surface area (Å²) in [4.78, 5) is 11.5. The highest BCUT2D eigenvalue weighted by molar-refractivity contribution is 7.89. The molecule has 2 aromatic carbocycles. The van der Waals surface area contributed by atoms with Gasteiger partial charge in [-0.05, 0) is 41.7 Å². The minimum absolute atomic E-state index is 0.0512. The molecule has 0 aliphatic rings. The second-order valence-corrected chi connectivity index (χ2v) is 8.70. The standard InChI is InChI=1S/C21H28N2O4S/c1-6-16-7-9-17(10-8-16)21(14(2)3)23-28(25,26)18-11-12-20(27-5)19(13-18)22-15(4)24/h7-14,21,23H,6H2,1-5H3,(H,22,24)/t21-/m1/s1. The summed E-state index contributed by atoms with van der Waals surface area (Å²) < 4.78 is 34.0. The van der Waals surface area contributed by atoms with Crippen LogP contribution in [0.25, 0.3) is 0 Å². The maximum atomic E-state index is 13.0. The van der Waals surface area contributed by atoms with E-state index in [2.05, 4.69) is 17.0 Å². The fourth-order valence-corrected chi connectivity index (χ4v) is 4.33. The number of amides is 1. The lowest BCUT2D eigenvalue weighted by Crippen LogP contribution is -2.32. The molecule has 7 heteroatoms. The van der Waals surface area contributed by atoms with Gasteiger partial charge in [0.15, 0.2) is 0 Å². The Morgan fingerprint density at radius 2 is 1.75 bits per heavy atom. The highest BCUT2D eigenvalue weighted by Gasteiger charge is 2.25. The van der Waals surface area contributed by atoms with Gasteiger partial charge in [-0.3, -0.25) is 4.79 Å². The minimum Gasteiger partial charge on any atom is -0.495 e. The Morgan fingerprint density at radius 3 is 2.25 bits per heavy atom. The van der Waals surface area contributed by atoms with Gasteiger partial charge in [0, 0.05) is 13.0 Å². The van der Waals surface area contributed by atoms with Crippen molar-refractivity contribution >= 4 is 21.6 Å². The number of carbonyl (C=O) groups excluding carboxylic acids is 1. The maximum absolute atomic E-state index is 13.0. The first-order chi connectivity index (χ1) is 13.2. The van der Waals surface area contributed by atoms with Crippen molar-refractivity contribution in [3.05, 3.63) is 53.6 Å². The van der Waals surface area contributed by atoms with E-state index in [0.29, 0.717) is 11.4 Å². The number of hydrogen-bond acceptors (Lipinski definition) is 4. The van der Waals surface area contributed by atoms with Crippen molar-refractivity contribution in [2.75, 3.05) is 12.4 Å². The molecule has 0 unspecified atom stereocenters. The van der Waals surface area contributed by atoms with Crippen LogP contribution in [-0.2, 0) is 21.2 Å². The van der Waals surface area contributed by atoms with Gasteiger partial charge in [-0.1, -0.05) is 45.0 Å². The van der Waals surface area contributed by atoms with Crippen LogP contribution < -0.4 is 14.8 Å². The molecule has 2 N–H and O–H groups in total. The Kier molecular flexibility index (Phi) is 7.21. The van der Waals surface area contributed by atoms with E-state index in [-0.39, 0.29) is 22.8 Å². The zero-order valence-electron chi connectivity index (χ0n) is 16.9. The number of carbonyl (C=O) groups is 1. The highest BCUT2D eigenvalue weighted by Crippen LogP contribution is 2.29. The molecule has 28 heavy (non-hydrogen) atoms. The first-order valence-corrected chi connectivity index (χ1v) is 10.7. The summed E-state index contributed by atoms with van der Waals surface area (Å²) >= 11 is 0. The summed E-state index contributed by atoms with van der Waals surface area (Å²) in [5, 5.41) is 2.60. The topological polar surface area (TPSA) is 84.5 Å². The molecule has 1 amide bonds. The fraction of sp³-hybridized carbons (Fsp3) is 0.381. The van der Waals surface area contributed by atoms with Crippen molar-refractivity contribution in [1.29, 1.82) is 0 Å². The van der Waals surface area contributed by atoms with Crippen LogP contribution in [0.1, 0.15) is 44.9 Å². The predicted octanol–water partition coefficient (Wildman–Crippen LogP) is 3.89. The molecular weight excluding hydrogens is 376 g/mol. The number of aryl methyl sites for hydroxylation is 1. The van der Waals surface area contributed by atoms with Gasteiger partial charge in [0.25, 0.3) is 0 Å². The van der Waals surface area contributed by atoms with E-state index < -0.39 is 10.0 Å². The molecule has 0 aliphatic heterocycles. The molecule has 2 aromatic rings. The quantitative estimate of drug-likeness (QED) is 0.699. The number of benzene rings is 2. The number of rotatable bonds is 8. The van der Waals surface area contributed by atoms with Crippen molar-refractivity contribution < 1.29 is 17.9 Å². The molecular formula is C21H28N2O4S. The minimum atomic E-state index is -3.81. The molecule has 0 radical (unpaired) electrons. The molecule has 0 aromatic heterocycles. The van der Waals surface area contributed by atoms with Gasteiger partial charge in [-0.2, -0.15) is 0 Å². The Morgan fingerprint density at radius 1 is 1.11 bits per heavy atom. The first-order valence-electron chi connectivity index (χ1n) is 9.24. The Hall–Kier alpha value is -2.38. The molecule has 0 aliphatic carbocycles. The number of methoxy groups -OCH3 is 1. The smallest absolute Gasteiger partial charge is 0.241 e. The van der Waals surface area contributed by atoms with Crippen LogP contribution in [0.2, 0.25) is 0 Å². The summed E-state index contributed by atoms with van der Waals surface area (Å²) in [5.41, 5.74) is 2.42. The summed E-state index contributed by atoms with van der Waals surface area (Å²) in [6.07, 6.45) is 0.927. The largest absolute Gasteiger partial charge is 0.495 e. The van der Waals surface area contributed by atoms with Gasteiger partial charge in [0.1, 0.15) is 5.75 Å². The van der Waals surface area contributed by atoms with Crippen molar-refractivity contribution in [3.8, 4) is 5.75 Å². The van der Waals surface area contributed by atoms with Crippen LogP contribution >= 0.6 is 0 Å². The second-order valence-electron chi connectivity index (χ2n) is 6.98. The first kappa shape index (κ1) is 21.9. The Bertz CT molecular complexity index is 922. The van der Waals surface area contributed by atoms with E-state index in [0.717, 1.165) is 12.0 Å². The summed E-state index contributed by atoms with van der Waals surface area (Å²) in [6.45, 7) is 7.37. The van der Waals surface area contributed by atoms with Crippen LogP contribution in [0.5, 0.6) is 5.75 Å². The third-order valence-electron chi connectivity index (χ3n) is 4.49. The van der Waals surface area contributed by atoms with Crippen LogP contribution in [0.4, 0.5) is 5.69 Å². The SMILES string of the molecule is CCc1ccc([C@H](NS(=O)(=O)c2ccc(OC)c(NC(C)=O)c2)C(C)C)cc1. The second kappa shape index (κ2) is 9.21. The molecule has 2 rings (SSSR count). The number of sulfonamides is 1. The fourth-order valence-electron chi connectivity index (χ4n) is 2.93. The third-order valence-corrected chi connectivity index (χ3v) is 5.93. The van der Waals surface area contributed by atoms with Crippen LogP contribution in [0.3, 0.4) is 0 Å². The van der Waals surface area contributed by atoms with Crippen LogP contribution in [0.15, 0.2) is 47.4 Å². The zero-order chi connectivity index (χ0) is 20.9. The van der Waals surface area contributed by atoms with Gasteiger partial charge in [-0.25, -0.2) is 13.1 Å². The van der Waals surface area contributed by atoms with Gasteiger partial charge in [0.05, 0.1) is 17.7 Å². The molecule has 0 saturated heterocycles. The molecule has 0 fully saturated rings. The lowest BCUT2D eigenvalue weighted by molar-refractivity contribution is -0.114. The number of anilines is 1. The Balaban J connectivity index is 2.37. The molecule has 0 heterocycles. The van der Waals surface area contributed by atoms with Crippen molar-refractivity contribution in [3.63, 3.8) is 0 Å². The average Bonchev–Trinajstić information content (AvgIpc) is 2.65. The van der Waals surface area contributed by atoms with E-state index in [9.17, 15) is 13.2 Å². The number of ether oxygens (including phenoxy) is 1. The van der Waals surface area contributed by atoms with Gasteiger partial charge >= 0.3 is 0 Å². The molecule has 6 nitrogen and oxygen atoms in total. The molecule has 0 spiro atoms. The van der Waals surface area contributed by atoms with E-state index >= 15 is 0 Å². The molecule has 0 bridgehead atoms. The van der Waals surface area contributed by atoms with Gasteiger partial charge in [-0.15, -0.1) is 0 Å². The summed E-state index contributed by atoms with van der Waals surface area (Å²) in [6, 6.07) is 12.0. The zero-order valence-corrected chi connectivity index (χ0v) is 17.8. The van der Waals surface area contributed by atoms with Crippen LogP contribution in [-0.4, -0.2) is 21.4 Å². The molecule has 1 atom stereocenters. The summed E-state index contributed by atoms with van der Waals surface area (Å²) in [7, 11) is -2.35. The number of hydrogen-bond donors (Lipinski definition) is 2. The van der Waals surface area contributed by atoms with Gasteiger partial charge < -0.3 is 10.1 Å². The monoisotopic (exact) mass is 404 g/mol. The average molecular weight is 405 g/mol. The van der Waals surface area contributed by atoms with Crippen molar-refractivity contribution in [2.45, 2.75) is 45.1 Å². The van der Waals surface area contributed by atoms with Crippen molar-refractivity contribution in [1.82, 2.24) is 4.72 Å².